The molecule has 1 amide bonds. The van der Waals surface area contributed by atoms with E-state index >= 15 is 0 Å². The van der Waals surface area contributed by atoms with Crippen LogP contribution in [0.1, 0.15) is 20.3 Å². The van der Waals surface area contributed by atoms with E-state index in [0.717, 1.165) is 10.2 Å². The lowest BCUT2D eigenvalue weighted by Crippen LogP contribution is -2.47. The lowest BCUT2D eigenvalue weighted by Gasteiger charge is -2.20. The second-order valence-corrected chi connectivity index (χ2v) is 6.22. The van der Waals surface area contributed by atoms with Crippen molar-refractivity contribution in [2.24, 2.45) is 5.92 Å². The number of carbonyl (C=O) groups is 2. The Hall–Kier alpha value is -3.16. The van der Waals surface area contributed by atoms with Crippen LogP contribution in [0.15, 0.2) is 41.2 Å². The van der Waals surface area contributed by atoms with Crippen LogP contribution in [0.25, 0.3) is 11.3 Å². The molecule has 0 aliphatic heterocycles. The molecule has 1 aromatic carbocycles. The molecule has 2 rings (SSSR count). The number of carbonyl (C=O) groups excluding carboxylic acids is 1. The van der Waals surface area contributed by atoms with Gasteiger partial charge >= 0.3 is 5.97 Å². The summed E-state index contributed by atoms with van der Waals surface area (Å²) in [5.41, 5.74) is 0.775. The second kappa shape index (κ2) is 8.98. The van der Waals surface area contributed by atoms with Crippen LogP contribution in [0.3, 0.4) is 0 Å². The van der Waals surface area contributed by atoms with E-state index in [9.17, 15) is 19.5 Å². The summed E-state index contributed by atoms with van der Waals surface area (Å²) in [5, 5.41) is 16.0. The molecule has 0 spiro atoms. The average Bonchev–Trinajstić information content (AvgIpc) is 2.67. The van der Waals surface area contributed by atoms with Crippen LogP contribution in [-0.4, -0.2) is 39.9 Å². The van der Waals surface area contributed by atoms with Gasteiger partial charge in [-0.15, -0.1) is 0 Å². The monoisotopic (exact) mass is 373 g/mol. The zero-order valence-corrected chi connectivity index (χ0v) is 15.5. The van der Waals surface area contributed by atoms with Crippen LogP contribution in [-0.2, 0) is 16.1 Å². The van der Waals surface area contributed by atoms with Gasteiger partial charge in [0.05, 0.1) is 12.8 Å². The van der Waals surface area contributed by atoms with Crippen molar-refractivity contribution in [3.63, 3.8) is 0 Å². The van der Waals surface area contributed by atoms with Crippen molar-refractivity contribution in [1.29, 1.82) is 0 Å². The fraction of sp³-hybridized carbons (Fsp3) is 0.368. The molecule has 2 N–H and O–H groups in total. The summed E-state index contributed by atoms with van der Waals surface area (Å²) < 4.78 is 6.19. The van der Waals surface area contributed by atoms with Gasteiger partial charge in [0, 0.05) is 11.6 Å². The number of ether oxygens (including phenoxy) is 1. The van der Waals surface area contributed by atoms with Gasteiger partial charge in [0.15, 0.2) is 0 Å². The third-order valence-electron chi connectivity index (χ3n) is 4.32. The van der Waals surface area contributed by atoms with Gasteiger partial charge in [-0.05, 0) is 24.1 Å². The van der Waals surface area contributed by atoms with Gasteiger partial charge in [0.2, 0.25) is 5.91 Å². The number of rotatable bonds is 8. The van der Waals surface area contributed by atoms with E-state index in [4.69, 9.17) is 4.74 Å². The highest BCUT2D eigenvalue weighted by atomic mass is 16.5. The Morgan fingerprint density at radius 1 is 1.30 bits per heavy atom. The quantitative estimate of drug-likeness (QED) is 0.726. The normalized spacial score (nSPS) is 12.9. The first-order chi connectivity index (χ1) is 12.8. The van der Waals surface area contributed by atoms with E-state index in [0.29, 0.717) is 17.9 Å². The van der Waals surface area contributed by atoms with Crippen molar-refractivity contribution >= 4 is 11.9 Å². The van der Waals surface area contributed by atoms with Crippen molar-refractivity contribution < 1.29 is 19.4 Å². The largest absolute Gasteiger partial charge is 0.497 e. The van der Waals surface area contributed by atoms with Crippen molar-refractivity contribution in [3.8, 4) is 17.0 Å². The third-order valence-corrected chi connectivity index (χ3v) is 4.32. The maximum absolute atomic E-state index is 12.3. The fourth-order valence-electron chi connectivity index (χ4n) is 2.54. The van der Waals surface area contributed by atoms with Crippen molar-refractivity contribution in [1.82, 2.24) is 15.1 Å². The van der Waals surface area contributed by atoms with Crippen molar-refractivity contribution in [3.05, 3.63) is 46.8 Å². The number of carboxylic acid groups (broad SMARTS) is 1. The predicted molar refractivity (Wildman–Crippen MR) is 99.5 cm³/mol. The van der Waals surface area contributed by atoms with E-state index < -0.39 is 23.5 Å². The minimum atomic E-state index is -1.11. The van der Waals surface area contributed by atoms with Gasteiger partial charge in [-0.25, -0.2) is 9.48 Å². The van der Waals surface area contributed by atoms with Crippen LogP contribution in [0.5, 0.6) is 5.75 Å². The molecule has 0 fully saturated rings. The molecule has 2 atom stereocenters. The minimum Gasteiger partial charge on any atom is -0.497 e. The second-order valence-electron chi connectivity index (χ2n) is 6.22. The molecule has 0 saturated heterocycles. The molecule has 8 heteroatoms. The topological polar surface area (TPSA) is 111 Å². The number of nitrogens with one attached hydrogen (secondary N) is 1. The molecule has 1 heterocycles. The first kappa shape index (κ1) is 20.2. The standard InChI is InChI=1S/C19H23N3O5/c1-4-12(2)18(19(25)26)20-16(23)11-22-17(24)9-8-15(21-22)13-6-5-7-14(10-13)27-3/h5-10,12,18H,4,11H2,1-3H3,(H,20,23)(H,25,26)/t12-,18-/m0/s1. The molecule has 0 radical (unpaired) electrons. The number of aromatic nitrogens is 2. The number of hydrogen-bond donors (Lipinski definition) is 2. The molecule has 0 bridgehead atoms. The SMILES string of the molecule is CC[C@H](C)[C@H](NC(=O)Cn1nc(-c2cccc(OC)c2)ccc1=O)C(=O)O. The molecule has 0 saturated carbocycles. The van der Waals surface area contributed by atoms with Crippen molar-refractivity contribution in [2.45, 2.75) is 32.9 Å². The molecule has 0 aliphatic carbocycles. The Balaban J connectivity index is 2.22. The predicted octanol–water partition coefficient (Wildman–Crippen LogP) is 1.53. The molecule has 27 heavy (non-hydrogen) atoms. The van der Waals surface area contributed by atoms with Crippen LogP contribution in [0.4, 0.5) is 0 Å². The maximum atomic E-state index is 12.3. The van der Waals surface area contributed by atoms with E-state index in [1.165, 1.54) is 6.07 Å². The Bertz CT molecular complexity index is 878. The molecular weight excluding hydrogens is 350 g/mol. The first-order valence-electron chi connectivity index (χ1n) is 8.60. The van der Waals surface area contributed by atoms with Gasteiger partial charge in [0.25, 0.3) is 5.56 Å². The zero-order chi connectivity index (χ0) is 20.0. The van der Waals surface area contributed by atoms with Crippen LogP contribution in [0.2, 0.25) is 0 Å². The highest BCUT2D eigenvalue weighted by Gasteiger charge is 2.25. The summed E-state index contributed by atoms with van der Waals surface area (Å²) in [6.45, 7) is 3.22. The minimum absolute atomic E-state index is 0.237. The van der Waals surface area contributed by atoms with Crippen molar-refractivity contribution in [2.75, 3.05) is 7.11 Å². The Morgan fingerprint density at radius 2 is 2.04 bits per heavy atom. The van der Waals surface area contributed by atoms with Crippen LogP contribution < -0.4 is 15.6 Å². The molecule has 2 aromatic rings. The average molecular weight is 373 g/mol. The number of nitrogens with zero attached hydrogens (tertiary/aromatic N) is 2. The van der Waals surface area contributed by atoms with Gasteiger partial charge in [-0.2, -0.15) is 5.10 Å². The van der Waals surface area contributed by atoms with Crippen LogP contribution in [0, 0.1) is 5.92 Å². The van der Waals surface area contributed by atoms with E-state index in [-0.39, 0.29) is 12.5 Å². The summed E-state index contributed by atoms with van der Waals surface area (Å²) in [6.07, 6.45) is 0.598. The van der Waals surface area contributed by atoms with E-state index in [1.807, 2.05) is 13.0 Å². The number of benzene rings is 1. The smallest absolute Gasteiger partial charge is 0.326 e. The Morgan fingerprint density at radius 3 is 2.67 bits per heavy atom. The van der Waals surface area contributed by atoms with Gasteiger partial charge in [0.1, 0.15) is 18.3 Å². The fourth-order valence-corrected chi connectivity index (χ4v) is 2.54. The molecule has 0 unspecified atom stereocenters. The summed E-state index contributed by atoms with van der Waals surface area (Å²) in [6, 6.07) is 9.02. The third kappa shape index (κ3) is 5.16. The molecule has 0 aliphatic rings. The summed E-state index contributed by atoms with van der Waals surface area (Å²) in [7, 11) is 1.55. The first-order valence-corrected chi connectivity index (χ1v) is 8.60. The highest BCUT2D eigenvalue weighted by molar-refractivity contribution is 5.83. The molecule has 8 nitrogen and oxygen atoms in total. The highest BCUT2D eigenvalue weighted by Crippen LogP contribution is 2.21. The lowest BCUT2D eigenvalue weighted by molar-refractivity contribution is -0.143. The van der Waals surface area contributed by atoms with Gasteiger partial charge < -0.3 is 15.2 Å². The number of aliphatic carboxylic acids is 1. The lowest BCUT2D eigenvalue weighted by atomic mass is 9.99. The Kier molecular flexibility index (Phi) is 6.70. The summed E-state index contributed by atoms with van der Waals surface area (Å²) in [5.74, 6) is -1.29. The van der Waals surface area contributed by atoms with E-state index in [1.54, 1.807) is 38.3 Å². The summed E-state index contributed by atoms with van der Waals surface area (Å²) >= 11 is 0. The zero-order valence-electron chi connectivity index (χ0n) is 15.5. The summed E-state index contributed by atoms with van der Waals surface area (Å²) in [4.78, 5) is 35.6. The van der Waals surface area contributed by atoms with Gasteiger partial charge in [-0.1, -0.05) is 32.4 Å². The van der Waals surface area contributed by atoms with Crippen LogP contribution >= 0.6 is 0 Å². The maximum Gasteiger partial charge on any atom is 0.326 e. The molecular formula is C19H23N3O5. The number of carboxylic acids is 1. The number of hydrogen-bond acceptors (Lipinski definition) is 5. The number of methoxy groups -OCH3 is 1. The number of amides is 1. The van der Waals surface area contributed by atoms with E-state index in [2.05, 4.69) is 10.4 Å². The van der Waals surface area contributed by atoms with Gasteiger partial charge in [-0.3, -0.25) is 9.59 Å². The molecule has 1 aromatic heterocycles. The Labute approximate surface area is 156 Å². The molecule has 144 valence electrons.